The van der Waals surface area contributed by atoms with E-state index in [1.807, 2.05) is 13.8 Å². The van der Waals surface area contributed by atoms with Gasteiger partial charge in [0.25, 0.3) is 0 Å². The second-order valence-electron chi connectivity index (χ2n) is 7.06. The number of hydrogen-bond acceptors (Lipinski definition) is 5. The van der Waals surface area contributed by atoms with Gasteiger partial charge in [-0.3, -0.25) is 0 Å². The molecule has 0 radical (unpaired) electrons. The zero-order chi connectivity index (χ0) is 22.4. The van der Waals surface area contributed by atoms with Gasteiger partial charge in [-0.2, -0.15) is 13.2 Å². The Balaban J connectivity index is 0.00000480. The van der Waals surface area contributed by atoms with Crippen LogP contribution in [0.1, 0.15) is 36.5 Å². The molecular weight excluding hydrogens is 528 g/mol. The highest BCUT2D eigenvalue weighted by Gasteiger charge is 2.29. The van der Waals surface area contributed by atoms with Gasteiger partial charge in [0.15, 0.2) is 12.6 Å². The summed E-state index contributed by atoms with van der Waals surface area (Å²) in [5.74, 6) is 1.75. The number of aliphatic hydroxyl groups is 1. The first-order chi connectivity index (χ1) is 14.0. The van der Waals surface area contributed by atoms with Gasteiger partial charge < -0.3 is 24.9 Å². The summed E-state index contributed by atoms with van der Waals surface area (Å²) in [4.78, 5) is 8.28. The first-order valence-electron chi connectivity index (χ1n) is 9.46. The highest BCUT2D eigenvalue weighted by Crippen LogP contribution is 2.26. The number of rotatable bonds is 8. The number of aliphatic imine (C=N–C) groups is 1. The van der Waals surface area contributed by atoms with Crippen molar-refractivity contribution in [2.24, 2.45) is 4.99 Å². The Labute approximate surface area is 196 Å². The van der Waals surface area contributed by atoms with Crippen molar-refractivity contribution in [2.75, 3.05) is 19.7 Å². The van der Waals surface area contributed by atoms with E-state index in [9.17, 15) is 18.3 Å². The predicted molar refractivity (Wildman–Crippen MR) is 122 cm³/mol. The zero-order valence-electron chi connectivity index (χ0n) is 17.8. The Bertz CT molecular complexity index is 852. The van der Waals surface area contributed by atoms with E-state index < -0.39 is 18.4 Å². The molecule has 7 nitrogen and oxygen atoms in total. The van der Waals surface area contributed by atoms with Gasteiger partial charge in [0.1, 0.15) is 17.1 Å². The van der Waals surface area contributed by atoms with Crippen molar-refractivity contribution in [2.45, 2.75) is 46.0 Å². The van der Waals surface area contributed by atoms with Crippen LogP contribution in [0.25, 0.3) is 0 Å². The number of ether oxygens (including phenoxy) is 1. The molecule has 1 unspecified atom stereocenters. The molecule has 0 saturated carbocycles. The molecule has 2 aromatic heterocycles. The summed E-state index contributed by atoms with van der Waals surface area (Å²) in [6.07, 6.45) is -3.00. The fraction of sp³-hybridized carbons (Fsp3) is 0.500. The van der Waals surface area contributed by atoms with Crippen molar-refractivity contribution in [1.29, 1.82) is 0 Å². The molecule has 2 aromatic rings. The van der Waals surface area contributed by atoms with Crippen LogP contribution >= 0.6 is 24.0 Å². The maximum absolute atomic E-state index is 12.2. The SMILES string of the molecule is CCNC(=NCc1ccc(OCC(F)(F)F)nc1)NCC(C)(O)c1cc(C)oc1C.I. The van der Waals surface area contributed by atoms with Crippen LogP contribution in [-0.4, -0.2) is 41.9 Å². The van der Waals surface area contributed by atoms with E-state index in [0.717, 1.165) is 5.76 Å². The Kier molecular flexibility index (Phi) is 10.1. The number of guanidine groups is 1. The van der Waals surface area contributed by atoms with E-state index in [1.165, 1.54) is 12.3 Å². The summed E-state index contributed by atoms with van der Waals surface area (Å²) in [6.45, 7) is 6.87. The van der Waals surface area contributed by atoms with E-state index in [-0.39, 0.29) is 42.9 Å². The third kappa shape index (κ3) is 8.93. The summed E-state index contributed by atoms with van der Waals surface area (Å²) in [6, 6.07) is 4.76. The molecule has 0 amide bonds. The average molecular weight is 556 g/mol. The van der Waals surface area contributed by atoms with Gasteiger partial charge in [0.2, 0.25) is 5.88 Å². The molecule has 0 spiro atoms. The predicted octanol–water partition coefficient (Wildman–Crippen LogP) is 3.81. The summed E-state index contributed by atoms with van der Waals surface area (Å²) >= 11 is 0. The normalized spacial score (nSPS) is 13.9. The molecule has 0 aliphatic heterocycles. The molecule has 0 saturated heterocycles. The molecule has 1 atom stereocenters. The van der Waals surface area contributed by atoms with Crippen molar-refractivity contribution < 1.29 is 27.4 Å². The maximum atomic E-state index is 12.2. The molecule has 11 heteroatoms. The minimum Gasteiger partial charge on any atom is -0.468 e. The number of furan rings is 1. The van der Waals surface area contributed by atoms with E-state index in [4.69, 9.17) is 4.42 Å². The van der Waals surface area contributed by atoms with Crippen LogP contribution < -0.4 is 15.4 Å². The van der Waals surface area contributed by atoms with Gasteiger partial charge in [-0.05, 0) is 39.3 Å². The van der Waals surface area contributed by atoms with Crippen LogP contribution in [0.3, 0.4) is 0 Å². The Hall–Kier alpha value is -2.02. The topological polar surface area (TPSA) is 91.9 Å². The molecular formula is C20H28F3IN4O3. The lowest BCUT2D eigenvalue weighted by molar-refractivity contribution is -0.154. The standard InChI is InChI=1S/C20H27F3N4O3.HI/c1-5-24-18(27-11-19(4,28)16-8-13(2)30-14(16)3)26-10-15-6-7-17(25-9-15)29-12-20(21,22)23;/h6-9,28H,5,10-12H2,1-4H3,(H2,24,26,27);1H. The minimum absolute atomic E-state index is 0. The number of aromatic nitrogens is 1. The van der Waals surface area contributed by atoms with Gasteiger partial charge in [-0.25, -0.2) is 9.98 Å². The monoisotopic (exact) mass is 556 g/mol. The third-order valence-electron chi connectivity index (χ3n) is 4.17. The van der Waals surface area contributed by atoms with Gasteiger partial charge in [-0.1, -0.05) is 6.07 Å². The van der Waals surface area contributed by atoms with Crippen molar-refractivity contribution in [3.8, 4) is 5.88 Å². The van der Waals surface area contributed by atoms with Gasteiger partial charge in [0, 0.05) is 24.4 Å². The van der Waals surface area contributed by atoms with Crippen LogP contribution in [0.15, 0.2) is 33.8 Å². The summed E-state index contributed by atoms with van der Waals surface area (Å²) in [7, 11) is 0. The quantitative estimate of drug-likeness (QED) is 0.260. The molecule has 2 rings (SSSR count). The molecule has 2 heterocycles. The van der Waals surface area contributed by atoms with E-state index in [0.29, 0.717) is 29.4 Å². The highest BCUT2D eigenvalue weighted by molar-refractivity contribution is 14.0. The number of nitrogens with one attached hydrogen (secondary N) is 2. The fourth-order valence-electron chi connectivity index (χ4n) is 2.77. The third-order valence-corrected chi connectivity index (χ3v) is 4.17. The summed E-state index contributed by atoms with van der Waals surface area (Å²) in [5.41, 5.74) is 0.221. The molecule has 0 aliphatic carbocycles. The number of halogens is 4. The van der Waals surface area contributed by atoms with Crippen LogP contribution in [0.2, 0.25) is 0 Å². The lowest BCUT2D eigenvalue weighted by Gasteiger charge is -2.24. The Morgan fingerprint density at radius 1 is 1.26 bits per heavy atom. The first kappa shape index (κ1) is 27.0. The summed E-state index contributed by atoms with van der Waals surface area (Å²) < 4.78 is 46.6. The van der Waals surface area contributed by atoms with Gasteiger partial charge >= 0.3 is 6.18 Å². The number of pyridine rings is 1. The van der Waals surface area contributed by atoms with Crippen LogP contribution in [-0.2, 0) is 12.1 Å². The number of nitrogens with zero attached hydrogens (tertiary/aromatic N) is 2. The van der Waals surface area contributed by atoms with E-state index >= 15 is 0 Å². The second kappa shape index (κ2) is 11.6. The van der Waals surface area contributed by atoms with Crippen LogP contribution in [0.4, 0.5) is 13.2 Å². The van der Waals surface area contributed by atoms with Crippen LogP contribution in [0.5, 0.6) is 5.88 Å². The number of hydrogen-bond donors (Lipinski definition) is 3. The lowest BCUT2D eigenvalue weighted by atomic mass is 9.96. The highest BCUT2D eigenvalue weighted by atomic mass is 127. The second-order valence-corrected chi connectivity index (χ2v) is 7.06. The molecule has 174 valence electrons. The fourth-order valence-corrected chi connectivity index (χ4v) is 2.77. The van der Waals surface area contributed by atoms with Gasteiger partial charge in [0.05, 0.1) is 13.1 Å². The van der Waals surface area contributed by atoms with Crippen molar-refractivity contribution >= 4 is 29.9 Å². The van der Waals surface area contributed by atoms with Gasteiger partial charge in [-0.15, -0.1) is 24.0 Å². The molecule has 0 aromatic carbocycles. The lowest BCUT2D eigenvalue weighted by Crippen LogP contribution is -2.44. The van der Waals surface area contributed by atoms with E-state index in [2.05, 4.69) is 25.3 Å². The molecule has 3 N–H and O–H groups in total. The Morgan fingerprint density at radius 3 is 2.48 bits per heavy atom. The largest absolute Gasteiger partial charge is 0.468 e. The van der Waals surface area contributed by atoms with Crippen LogP contribution in [0, 0.1) is 13.8 Å². The van der Waals surface area contributed by atoms with Crippen molar-refractivity contribution in [1.82, 2.24) is 15.6 Å². The maximum Gasteiger partial charge on any atom is 0.422 e. The average Bonchev–Trinajstić information content (AvgIpc) is 3.01. The Morgan fingerprint density at radius 2 is 1.97 bits per heavy atom. The van der Waals surface area contributed by atoms with Crippen molar-refractivity contribution in [3.05, 3.63) is 47.0 Å². The molecule has 0 aliphatic rings. The zero-order valence-corrected chi connectivity index (χ0v) is 20.2. The van der Waals surface area contributed by atoms with Crippen molar-refractivity contribution in [3.63, 3.8) is 0 Å². The molecule has 0 fully saturated rings. The van der Waals surface area contributed by atoms with E-state index in [1.54, 1.807) is 26.0 Å². The first-order valence-corrected chi connectivity index (χ1v) is 9.46. The number of aryl methyl sites for hydroxylation is 2. The summed E-state index contributed by atoms with van der Waals surface area (Å²) in [5, 5.41) is 17.0. The molecule has 0 bridgehead atoms. The smallest absolute Gasteiger partial charge is 0.422 e. The minimum atomic E-state index is -4.41. The molecule has 31 heavy (non-hydrogen) atoms. The number of alkyl halides is 3.